The lowest BCUT2D eigenvalue weighted by Gasteiger charge is -2.18. The molecule has 0 aliphatic carbocycles. The summed E-state index contributed by atoms with van der Waals surface area (Å²) in [6.07, 6.45) is -0.282. The molecule has 0 spiro atoms. The van der Waals surface area contributed by atoms with Gasteiger partial charge in [0, 0.05) is 5.56 Å². The van der Waals surface area contributed by atoms with E-state index in [0.717, 1.165) is 11.1 Å². The molecule has 0 radical (unpaired) electrons. The van der Waals surface area contributed by atoms with Crippen molar-refractivity contribution in [2.24, 2.45) is 0 Å². The molecule has 1 heterocycles. The Hall–Kier alpha value is -2.88. The summed E-state index contributed by atoms with van der Waals surface area (Å²) < 4.78 is 5.77. The fourth-order valence-electron chi connectivity index (χ4n) is 2.82. The maximum absolute atomic E-state index is 10.3. The monoisotopic (exact) mass is 383 g/mol. The molecule has 0 unspecified atom stereocenters. The number of rotatable bonds is 5. The minimum atomic E-state index is -0.725. The van der Waals surface area contributed by atoms with Crippen LogP contribution in [-0.4, -0.2) is 26.5 Å². The molecule has 7 heteroatoms. The van der Waals surface area contributed by atoms with E-state index in [2.05, 4.69) is 15.0 Å². The summed E-state index contributed by atoms with van der Waals surface area (Å²) in [4.78, 5) is 3.40. The molecule has 6 nitrogen and oxygen atoms in total. The van der Waals surface area contributed by atoms with Crippen molar-refractivity contribution in [2.75, 3.05) is 0 Å². The standard InChI is InChI=1S/C20H18ClN3O3/c1-11-14(6-9-17(22-3)18(11)21)10-16(12(2)25)20-24-23-19(27-20)13-4-7-15(26)8-5-13/h4-9,12,16,25-26H,10H2,1-2H3/t12-,16+/m0/s1. The second-order valence-electron chi connectivity index (χ2n) is 6.34. The van der Waals surface area contributed by atoms with Gasteiger partial charge in [-0.15, -0.1) is 10.2 Å². The minimum absolute atomic E-state index is 0.149. The lowest BCUT2D eigenvalue weighted by Crippen LogP contribution is -2.18. The van der Waals surface area contributed by atoms with E-state index in [1.807, 2.05) is 13.0 Å². The van der Waals surface area contributed by atoms with Crippen molar-refractivity contribution in [3.63, 3.8) is 0 Å². The Morgan fingerprint density at radius 2 is 1.89 bits per heavy atom. The minimum Gasteiger partial charge on any atom is -0.508 e. The molecule has 0 saturated heterocycles. The number of nitrogens with zero attached hydrogens (tertiary/aromatic N) is 3. The van der Waals surface area contributed by atoms with Crippen LogP contribution < -0.4 is 0 Å². The van der Waals surface area contributed by atoms with Gasteiger partial charge >= 0.3 is 0 Å². The number of halogens is 1. The van der Waals surface area contributed by atoms with E-state index in [1.54, 1.807) is 25.1 Å². The van der Waals surface area contributed by atoms with E-state index < -0.39 is 12.0 Å². The Labute approximate surface area is 161 Å². The molecule has 27 heavy (non-hydrogen) atoms. The van der Waals surface area contributed by atoms with Crippen LogP contribution >= 0.6 is 11.6 Å². The second-order valence-corrected chi connectivity index (χ2v) is 6.72. The third kappa shape index (κ3) is 3.95. The Morgan fingerprint density at radius 3 is 2.52 bits per heavy atom. The highest BCUT2D eigenvalue weighted by atomic mass is 35.5. The van der Waals surface area contributed by atoms with E-state index in [0.29, 0.717) is 34.5 Å². The predicted octanol–water partition coefficient (Wildman–Crippen LogP) is 4.66. The zero-order chi connectivity index (χ0) is 19.6. The van der Waals surface area contributed by atoms with Crippen molar-refractivity contribution < 1.29 is 14.6 Å². The summed E-state index contributed by atoms with van der Waals surface area (Å²) >= 11 is 6.26. The first-order valence-corrected chi connectivity index (χ1v) is 8.74. The zero-order valence-corrected chi connectivity index (χ0v) is 15.6. The lowest BCUT2D eigenvalue weighted by molar-refractivity contribution is 0.148. The highest BCUT2D eigenvalue weighted by Crippen LogP contribution is 2.34. The van der Waals surface area contributed by atoms with Crippen molar-refractivity contribution >= 4 is 17.3 Å². The van der Waals surface area contributed by atoms with Crippen molar-refractivity contribution in [1.29, 1.82) is 0 Å². The molecule has 0 fully saturated rings. The number of phenols is 1. The highest BCUT2D eigenvalue weighted by Gasteiger charge is 2.26. The number of benzene rings is 2. The van der Waals surface area contributed by atoms with Crippen molar-refractivity contribution in [3.8, 4) is 17.2 Å². The van der Waals surface area contributed by atoms with Crippen LogP contribution in [0.2, 0.25) is 5.02 Å². The van der Waals surface area contributed by atoms with Gasteiger partial charge in [0.2, 0.25) is 17.5 Å². The fraction of sp³-hybridized carbons (Fsp3) is 0.250. The van der Waals surface area contributed by atoms with Crippen LogP contribution in [0.15, 0.2) is 40.8 Å². The number of aromatic nitrogens is 2. The zero-order valence-electron chi connectivity index (χ0n) is 14.8. The van der Waals surface area contributed by atoms with Gasteiger partial charge in [0.25, 0.3) is 0 Å². The first kappa shape index (κ1) is 18.9. The molecule has 0 saturated carbocycles. The molecule has 0 bridgehead atoms. The van der Waals surface area contributed by atoms with Gasteiger partial charge in [0.05, 0.1) is 23.6 Å². The molecule has 138 valence electrons. The van der Waals surface area contributed by atoms with E-state index >= 15 is 0 Å². The van der Waals surface area contributed by atoms with Crippen LogP contribution in [-0.2, 0) is 6.42 Å². The highest BCUT2D eigenvalue weighted by molar-refractivity contribution is 6.34. The van der Waals surface area contributed by atoms with Gasteiger partial charge in [-0.05, 0) is 55.7 Å². The molecule has 0 aliphatic rings. The number of aliphatic hydroxyl groups excluding tert-OH is 1. The van der Waals surface area contributed by atoms with Gasteiger partial charge < -0.3 is 14.6 Å². The topological polar surface area (TPSA) is 83.7 Å². The van der Waals surface area contributed by atoms with Crippen LogP contribution in [0.3, 0.4) is 0 Å². The van der Waals surface area contributed by atoms with Gasteiger partial charge in [-0.2, -0.15) is 0 Å². The first-order chi connectivity index (χ1) is 12.9. The molecule has 2 N–H and O–H groups in total. The maximum atomic E-state index is 10.3. The molecular weight excluding hydrogens is 366 g/mol. The van der Waals surface area contributed by atoms with Crippen LogP contribution in [0.1, 0.15) is 29.9 Å². The molecule has 3 aromatic rings. The molecule has 1 aromatic heterocycles. The number of aliphatic hydroxyl groups is 1. The van der Waals surface area contributed by atoms with Gasteiger partial charge in [-0.25, -0.2) is 4.85 Å². The normalized spacial score (nSPS) is 13.1. The van der Waals surface area contributed by atoms with Crippen LogP contribution in [0.25, 0.3) is 16.3 Å². The van der Waals surface area contributed by atoms with E-state index in [1.165, 1.54) is 12.1 Å². The molecule has 0 aliphatic heterocycles. The van der Waals surface area contributed by atoms with E-state index in [4.69, 9.17) is 22.6 Å². The number of hydrogen-bond donors (Lipinski definition) is 2. The quantitative estimate of drug-likeness (QED) is 0.626. The van der Waals surface area contributed by atoms with Crippen LogP contribution in [0.4, 0.5) is 5.69 Å². The van der Waals surface area contributed by atoms with E-state index in [9.17, 15) is 10.2 Å². The van der Waals surface area contributed by atoms with Crippen LogP contribution in [0, 0.1) is 13.5 Å². The number of hydrogen-bond acceptors (Lipinski definition) is 5. The molecule has 2 atom stereocenters. The third-order valence-corrected chi connectivity index (χ3v) is 4.97. The third-order valence-electron chi connectivity index (χ3n) is 4.49. The summed E-state index contributed by atoms with van der Waals surface area (Å²) in [5.41, 5.74) is 2.78. The Kier molecular flexibility index (Phi) is 5.45. The Morgan fingerprint density at radius 1 is 1.19 bits per heavy atom. The summed E-state index contributed by atoms with van der Waals surface area (Å²) in [6, 6.07) is 9.94. The number of phenolic OH excluding ortho intramolecular Hbond substituents is 1. The Balaban J connectivity index is 1.90. The molecule has 2 aromatic carbocycles. The summed E-state index contributed by atoms with van der Waals surface area (Å²) in [7, 11) is 0. The SMILES string of the molecule is [C-]#[N+]c1ccc(C[C@@H](c2nnc(-c3ccc(O)cc3)o2)[C@H](C)O)c(C)c1Cl. The lowest BCUT2D eigenvalue weighted by atomic mass is 9.92. The summed E-state index contributed by atoms with van der Waals surface area (Å²) in [5.74, 6) is 0.360. The van der Waals surface area contributed by atoms with Crippen molar-refractivity contribution in [3.05, 3.63) is 69.9 Å². The van der Waals surface area contributed by atoms with Gasteiger partial charge in [-0.1, -0.05) is 23.7 Å². The van der Waals surface area contributed by atoms with Gasteiger partial charge in [0.15, 0.2) is 0 Å². The van der Waals surface area contributed by atoms with Gasteiger partial charge in [-0.3, -0.25) is 0 Å². The molecule has 3 rings (SSSR count). The van der Waals surface area contributed by atoms with E-state index in [-0.39, 0.29) is 5.75 Å². The summed E-state index contributed by atoms with van der Waals surface area (Å²) in [5, 5.41) is 28.2. The molecule has 0 amide bonds. The van der Waals surface area contributed by atoms with Crippen molar-refractivity contribution in [2.45, 2.75) is 32.3 Å². The summed E-state index contributed by atoms with van der Waals surface area (Å²) in [6.45, 7) is 10.7. The fourth-order valence-corrected chi connectivity index (χ4v) is 3.05. The first-order valence-electron chi connectivity index (χ1n) is 8.37. The second kappa shape index (κ2) is 7.78. The Bertz CT molecular complexity index is 991. The maximum Gasteiger partial charge on any atom is 0.247 e. The average Bonchev–Trinajstić information content (AvgIpc) is 3.13. The molecular formula is C20H18ClN3O3. The van der Waals surface area contributed by atoms with Gasteiger partial charge in [0.1, 0.15) is 5.75 Å². The number of aromatic hydroxyl groups is 1. The van der Waals surface area contributed by atoms with Crippen LogP contribution in [0.5, 0.6) is 5.75 Å². The predicted molar refractivity (Wildman–Crippen MR) is 102 cm³/mol. The smallest absolute Gasteiger partial charge is 0.247 e. The largest absolute Gasteiger partial charge is 0.508 e. The average molecular weight is 384 g/mol. The van der Waals surface area contributed by atoms with Crippen molar-refractivity contribution in [1.82, 2.24) is 10.2 Å².